The van der Waals surface area contributed by atoms with E-state index in [-0.39, 0.29) is 5.91 Å². The molecule has 0 aliphatic carbocycles. The molecule has 1 amide bonds. The summed E-state index contributed by atoms with van der Waals surface area (Å²) in [7, 11) is 2.13. The Balaban J connectivity index is 1.71. The molecule has 0 radical (unpaired) electrons. The van der Waals surface area contributed by atoms with Crippen LogP contribution in [0.15, 0.2) is 36.5 Å². The van der Waals surface area contributed by atoms with E-state index in [0.717, 1.165) is 43.4 Å². The molecule has 1 aliphatic heterocycles. The van der Waals surface area contributed by atoms with Gasteiger partial charge in [0.1, 0.15) is 5.82 Å². The van der Waals surface area contributed by atoms with Crippen LogP contribution in [0.1, 0.15) is 6.92 Å². The minimum absolute atomic E-state index is 0.0968. The van der Waals surface area contributed by atoms with Crippen molar-refractivity contribution in [1.29, 1.82) is 0 Å². The zero-order valence-electron chi connectivity index (χ0n) is 14.0. The molecule has 1 aromatic carbocycles. The van der Waals surface area contributed by atoms with Crippen LogP contribution in [-0.4, -0.2) is 54.0 Å². The van der Waals surface area contributed by atoms with Gasteiger partial charge in [0.2, 0.25) is 11.9 Å². The molecule has 7 nitrogen and oxygen atoms in total. The van der Waals surface area contributed by atoms with Crippen molar-refractivity contribution in [3.8, 4) is 0 Å². The van der Waals surface area contributed by atoms with Crippen molar-refractivity contribution in [2.24, 2.45) is 0 Å². The second kappa shape index (κ2) is 7.27. The van der Waals surface area contributed by atoms with Gasteiger partial charge in [-0.05, 0) is 31.3 Å². The van der Waals surface area contributed by atoms with Gasteiger partial charge in [0.25, 0.3) is 0 Å². The highest BCUT2D eigenvalue weighted by molar-refractivity contribution is 5.89. The first-order chi connectivity index (χ1) is 11.6. The van der Waals surface area contributed by atoms with E-state index in [1.807, 2.05) is 30.3 Å². The molecule has 126 valence electrons. The number of nitrogens with one attached hydrogen (secondary N) is 2. The molecule has 0 atom stereocenters. The lowest BCUT2D eigenvalue weighted by Gasteiger charge is -2.33. The molecule has 0 unspecified atom stereocenters. The highest BCUT2D eigenvalue weighted by atomic mass is 16.1. The summed E-state index contributed by atoms with van der Waals surface area (Å²) < 4.78 is 0. The van der Waals surface area contributed by atoms with E-state index in [1.54, 1.807) is 6.20 Å². The Labute approximate surface area is 141 Å². The van der Waals surface area contributed by atoms with Crippen LogP contribution < -0.4 is 15.5 Å². The molecular weight excluding hydrogens is 304 g/mol. The molecule has 2 N–H and O–H groups in total. The maximum atomic E-state index is 11.2. The number of hydrogen-bond acceptors (Lipinski definition) is 6. The van der Waals surface area contributed by atoms with E-state index in [4.69, 9.17) is 0 Å². The number of hydrogen-bond donors (Lipinski definition) is 2. The van der Waals surface area contributed by atoms with Crippen molar-refractivity contribution in [2.75, 3.05) is 48.8 Å². The lowest BCUT2D eigenvalue weighted by molar-refractivity contribution is -0.114. The third-order valence-electron chi connectivity index (χ3n) is 3.91. The van der Waals surface area contributed by atoms with E-state index >= 15 is 0 Å². The molecule has 3 rings (SSSR count). The highest BCUT2D eigenvalue weighted by Crippen LogP contribution is 2.20. The molecule has 1 aromatic heterocycles. The predicted octanol–water partition coefficient (Wildman–Crippen LogP) is 1.93. The summed E-state index contributed by atoms with van der Waals surface area (Å²) in [4.78, 5) is 24.6. The number of carbonyl (C=O) groups is 1. The normalized spacial score (nSPS) is 15.2. The van der Waals surface area contributed by atoms with Crippen LogP contribution in [-0.2, 0) is 4.79 Å². The maximum absolute atomic E-state index is 11.2. The first-order valence-electron chi connectivity index (χ1n) is 8.01. The molecule has 2 aromatic rings. The van der Waals surface area contributed by atoms with Gasteiger partial charge in [-0.3, -0.25) is 4.79 Å². The Kier molecular flexibility index (Phi) is 4.90. The number of rotatable bonds is 4. The average Bonchev–Trinajstić information content (AvgIpc) is 2.55. The van der Waals surface area contributed by atoms with Gasteiger partial charge in [-0.2, -0.15) is 4.98 Å². The molecule has 0 spiro atoms. The molecule has 0 saturated carbocycles. The SMILES string of the molecule is CC(=O)Nc1cccc(Nc2nccc(N3CCN(C)CC3)n2)c1. The Morgan fingerprint density at radius 1 is 1.12 bits per heavy atom. The monoisotopic (exact) mass is 326 g/mol. The average molecular weight is 326 g/mol. The van der Waals surface area contributed by atoms with Crippen LogP contribution in [0.2, 0.25) is 0 Å². The number of amides is 1. The summed E-state index contributed by atoms with van der Waals surface area (Å²) >= 11 is 0. The second-order valence-corrected chi connectivity index (χ2v) is 5.92. The lowest BCUT2D eigenvalue weighted by Crippen LogP contribution is -2.44. The van der Waals surface area contributed by atoms with Crippen molar-refractivity contribution < 1.29 is 4.79 Å². The van der Waals surface area contributed by atoms with Crippen LogP contribution >= 0.6 is 0 Å². The fourth-order valence-corrected chi connectivity index (χ4v) is 2.63. The molecule has 7 heteroatoms. The Bertz CT molecular complexity index is 712. The molecule has 1 fully saturated rings. The summed E-state index contributed by atoms with van der Waals surface area (Å²) in [5.74, 6) is 1.38. The van der Waals surface area contributed by atoms with E-state index < -0.39 is 0 Å². The minimum atomic E-state index is -0.0968. The smallest absolute Gasteiger partial charge is 0.229 e. The van der Waals surface area contributed by atoms with Crippen molar-refractivity contribution >= 4 is 29.0 Å². The zero-order valence-corrected chi connectivity index (χ0v) is 14.0. The van der Waals surface area contributed by atoms with Gasteiger partial charge < -0.3 is 20.4 Å². The van der Waals surface area contributed by atoms with E-state index in [1.165, 1.54) is 6.92 Å². The Hall–Kier alpha value is -2.67. The maximum Gasteiger partial charge on any atom is 0.229 e. The van der Waals surface area contributed by atoms with E-state index in [2.05, 4.69) is 37.4 Å². The van der Waals surface area contributed by atoms with Gasteiger partial charge in [-0.25, -0.2) is 4.98 Å². The summed E-state index contributed by atoms with van der Waals surface area (Å²) in [5.41, 5.74) is 1.57. The van der Waals surface area contributed by atoms with Crippen molar-refractivity contribution in [3.63, 3.8) is 0 Å². The summed E-state index contributed by atoms with van der Waals surface area (Å²) in [6.45, 7) is 5.48. The number of nitrogens with zero attached hydrogens (tertiary/aromatic N) is 4. The van der Waals surface area contributed by atoms with Gasteiger partial charge in [0, 0.05) is 50.7 Å². The quantitative estimate of drug-likeness (QED) is 0.894. The summed E-state index contributed by atoms with van der Waals surface area (Å²) in [6, 6.07) is 9.42. The third kappa shape index (κ3) is 4.20. The van der Waals surface area contributed by atoms with Gasteiger partial charge in [0.05, 0.1) is 0 Å². The standard InChI is InChI=1S/C17H22N6O/c1-13(24)19-14-4-3-5-15(12-14)20-17-18-7-6-16(21-17)23-10-8-22(2)9-11-23/h3-7,12H,8-11H2,1-2H3,(H,19,24)(H,18,20,21). The van der Waals surface area contributed by atoms with Gasteiger partial charge >= 0.3 is 0 Å². The van der Waals surface area contributed by atoms with Crippen LogP contribution in [0, 0.1) is 0 Å². The largest absolute Gasteiger partial charge is 0.354 e. The fraction of sp³-hybridized carbons (Fsp3) is 0.353. The first kappa shape index (κ1) is 16.2. The van der Waals surface area contributed by atoms with Crippen molar-refractivity contribution in [1.82, 2.24) is 14.9 Å². The molecule has 24 heavy (non-hydrogen) atoms. The first-order valence-corrected chi connectivity index (χ1v) is 8.01. The minimum Gasteiger partial charge on any atom is -0.354 e. The molecule has 1 saturated heterocycles. The molecule has 0 bridgehead atoms. The topological polar surface area (TPSA) is 73.4 Å². The summed E-state index contributed by atoms with van der Waals surface area (Å²) in [6.07, 6.45) is 1.76. The molecular formula is C17H22N6O. The van der Waals surface area contributed by atoms with Gasteiger partial charge in [-0.1, -0.05) is 6.07 Å². The molecule has 2 heterocycles. The van der Waals surface area contributed by atoms with Crippen LogP contribution in [0.25, 0.3) is 0 Å². The fourth-order valence-electron chi connectivity index (χ4n) is 2.63. The zero-order chi connectivity index (χ0) is 16.9. The Morgan fingerprint density at radius 2 is 1.88 bits per heavy atom. The molecule has 1 aliphatic rings. The van der Waals surface area contributed by atoms with Crippen LogP contribution in [0.4, 0.5) is 23.1 Å². The number of anilines is 4. The number of benzene rings is 1. The summed E-state index contributed by atoms with van der Waals surface area (Å²) in [5, 5.41) is 5.96. The van der Waals surface area contributed by atoms with E-state index in [9.17, 15) is 4.79 Å². The lowest BCUT2D eigenvalue weighted by atomic mass is 10.2. The van der Waals surface area contributed by atoms with Gasteiger partial charge in [-0.15, -0.1) is 0 Å². The Morgan fingerprint density at radius 3 is 2.62 bits per heavy atom. The van der Waals surface area contributed by atoms with Gasteiger partial charge in [0.15, 0.2) is 0 Å². The highest BCUT2D eigenvalue weighted by Gasteiger charge is 2.15. The number of piperazine rings is 1. The number of aromatic nitrogens is 2. The van der Waals surface area contributed by atoms with Crippen LogP contribution in [0.5, 0.6) is 0 Å². The van der Waals surface area contributed by atoms with Crippen molar-refractivity contribution in [2.45, 2.75) is 6.92 Å². The van der Waals surface area contributed by atoms with E-state index in [0.29, 0.717) is 5.95 Å². The van der Waals surface area contributed by atoms with Crippen LogP contribution in [0.3, 0.4) is 0 Å². The second-order valence-electron chi connectivity index (χ2n) is 5.92. The number of likely N-dealkylation sites (N-methyl/N-ethyl adjacent to an activating group) is 1. The third-order valence-corrected chi connectivity index (χ3v) is 3.91. The van der Waals surface area contributed by atoms with Crippen molar-refractivity contribution in [3.05, 3.63) is 36.5 Å². The predicted molar refractivity (Wildman–Crippen MR) is 95.8 cm³/mol. The number of carbonyl (C=O) groups excluding carboxylic acids is 1.